The van der Waals surface area contributed by atoms with Gasteiger partial charge in [-0.1, -0.05) is 18.2 Å². The summed E-state index contributed by atoms with van der Waals surface area (Å²) in [4.78, 5) is 23.4. The SMILES string of the molecule is CCOC(=O)COC(=O)c1c(C)nn(-c2ccccc2)c1C. The second-order valence-electron chi connectivity index (χ2n) is 4.67. The minimum atomic E-state index is -0.578. The van der Waals surface area contributed by atoms with E-state index in [1.807, 2.05) is 30.3 Å². The van der Waals surface area contributed by atoms with E-state index in [2.05, 4.69) is 5.10 Å². The Hall–Kier alpha value is -2.63. The molecule has 22 heavy (non-hydrogen) atoms. The summed E-state index contributed by atoms with van der Waals surface area (Å²) in [6, 6.07) is 9.49. The lowest BCUT2D eigenvalue weighted by molar-refractivity contribution is -0.146. The summed E-state index contributed by atoms with van der Waals surface area (Å²) in [7, 11) is 0. The maximum absolute atomic E-state index is 12.2. The second kappa shape index (κ2) is 6.89. The highest BCUT2D eigenvalue weighted by Gasteiger charge is 2.21. The number of ether oxygens (including phenoxy) is 2. The highest BCUT2D eigenvalue weighted by Crippen LogP contribution is 2.18. The molecule has 0 aliphatic rings. The topological polar surface area (TPSA) is 70.4 Å². The van der Waals surface area contributed by atoms with Crippen LogP contribution in [-0.4, -0.2) is 34.9 Å². The quantitative estimate of drug-likeness (QED) is 0.792. The molecule has 0 fully saturated rings. The smallest absolute Gasteiger partial charge is 0.344 e. The first-order chi connectivity index (χ1) is 10.5. The minimum absolute atomic E-state index is 0.250. The van der Waals surface area contributed by atoms with Crippen molar-refractivity contribution in [2.45, 2.75) is 20.8 Å². The Morgan fingerprint density at radius 2 is 1.82 bits per heavy atom. The molecule has 0 radical (unpaired) electrons. The van der Waals surface area contributed by atoms with Crippen LogP contribution in [0.15, 0.2) is 30.3 Å². The van der Waals surface area contributed by atoms with E-state index in [-0.39, 0.29) is 6.61 Å². The van der Waals surface area contributed by atoms with Gasteiger partial charge in [0.05, 0.1) is 23.7 Å². The lowest BCUT2D eigenvalue weighted by Gasteiger charge is -2.06. The van der Waals surface area contributed by atoms with Gasteiger partial charge in [-0.2, -0.15) is 5.10 Å². The van der Waals surface area contributed by atoms with Gasteiger partial charge in [-0.25, -0.2) is 14.3 Å². The van der Waals surface area contributed by atoms with Crippen molar-refractivity contribution in [1.29, 1.82) is 0 Å². The van der Waals surface area contributed by atoms with Gasteiger partial charge >= 0.3 is 11.9 Å². The third-order valence-corrected chi connectivity index (χ3v) is 3.12. The number of aryl methyl sites for hydroxylation is 1. The van der Waals surface area contributed by atoms with Crippen molar-refractivity contribution in [2.75, 3.05) is 13.2 Å². The summed E-state index contributed by atoms with van der Waals surface area (Å²) >= 11 is 0. The molecule has 0 unspecified atom stereocenters. The third-order valence-electron chi connectivity index (χ3n) is 3.12. The first-order valence-corrected chi connectivity index (χ1v) is 6.99. The molecule has 0 aliphatic carbocycles. The molecule has 0 saturated heterocycles. The van der Waals surface area contributed by atoms with Crippen LogP contribution in [0.2, 0.25) is 0 Å². The molecule has 6 nitrogen and oxygen atoms in total. The van der Waals surface area contributed by atoms with Crippen LogP contribution in [0.1, 0.15) is 28.7 Å². The number of para-hydroxylation sites is 1. The van der Waals surface area contributed by atoms with Gasteiger partial charge in [-0.15, -0.1) is 0 Å². The van der Waals surface area contributed by atoms with Crippen molar-refractivity contribution >= 4 is 11.9 Å². The number of esters is 2. The molecule has 0 spiro atoms. The molecular weight excluding hydrogens is 284 g/mol. The molecule has 2 rings (SSSR count). The largest absolute Gasteiger partial charge is 0.463 e. The molecule has 116 valence electrons. The summed E-state index contributed by atoms with van der Waals surface area (Å²) in [5.41, 5.74) is 2.44. The molecule has 0 N–H and O–H groups in total. The number of rotatable bonds is 5. The number of hydrogen-bond donors (Lipinski definition) is 0. The van der Waals surface area contributed by atoms with Gasteiger partial charge in [0.2, 0.25) is 0 Å². The van der Waals surface area contributed by atoms with Gasteiger partial charge in [0, 0.05) is 0 Å². The first kappa shape index (κ1) is 15.8. The zero-order chi connectivity index (χ0) is 16.1. The molecule has 0 amide bonds. The summed E-state index contributed by atoms with van der Waals surface area (Å²) in [5, 5.41) is 4.36. The van der Waals surface area contributed by atoms with Crippen molar-refractivity contribution in [1.82, 2.24) is 9.78 Å². The zero-order valence-electron chi connectivity index (χ0n) is 12.8. The number of aromatic nitrogens is 2. The van der Waals surface area contributed by atoms with Crippen molar-refractivity contribution in [3.63, 3.8) is 0 Å². The molecule has 1 aromatic heterocycles. The van der Waals surface area contributed by atoms with Crippen LogP contribution in [-0.2, 0) is 14.3 Å². The summed E-state index contributed by atoms with van der Waals surface area (Å²) in [6.45, 7) is 5.06. The molecule has 0 atom stereocenters. The van der Waals surface area contributed by atoms with Gasteiger partial charge in [0.15, 0.2) is 6.61 Å². The van der Waals surface area contributed by atoms with Crippen LogP contribution in [0.25, 0.3) is 5.69 Å². The van der Waals surface area contributed by atoms with E-state index in [1.54, 1.807) is 25.5 Å². The monoisotopic (exact) mass is 302 g/mol. The van der Waals surface area contributed by atoms with Crippen LogP contribution in [0.5, 0.6) is 0 Å². The van der Waals surface area contributed by atoms with E-state index >= 15 is 0 Å². The highest BCUT2D eigenvalue weighted by atomic mass is 16.6. The Balaban J connectivity index is 2.20. The van der Waals surface area contributed by atoms with Gasteiger partial charge in [0.1, 0.15) is 5.56 Å². The summed E-state index contributed by atoms with van der Waals surface area (Å²) in [5.74, 6) is -1.15. The third kappa shape index (κ3) is 3.33. The van der Waals surface area contributed by atoms with Gasteiger partial charge in [-0.05, 0) is 32.9 Å². The van der Waals surface area contributed by atoms with E-state index in [9.17, 15) is 9.59 Å². The fourth-order valence-electron chi connectivity index (χ4n) is 2.16. The predicted molar refractivity (Wildman–Crippen MR) is 80.0 cm³/mol. The van der Waals surface area contributed by atoms with Gasteiger partial charge in [-0.3, -0.25) is 0 Å². The summed E-state index contributed by atoms with van der Waals surface area (Å²) in [6.07, 6.45) is 0. The van der Waals surface area contributed by atoms with Crippen LogP contribution in [0.4, 0.5) is 0 Å². The minimum Gasteiger partial charge on any atom is -0.463 e. The van der Waals surface area contributed by atoms with Crippen LogP contribution < -0.4 is 0 Å². The average Bonchev–Trinajstić information content (AvgIpc) is 2.81. The lowest BCUT2D eigenvalue weighted by atomic mass is 10.2. The average molecular weight is 302 g/mol. The normalized spacial score (nSPS) is 10.3. The van der Waals surface area contributed by atoms with Crippen LogP contribution in [0.3, 0.4) is 0 Å². The molecule has 0 aliphatic heterocycles. The van der Waals surface area contributed by atoms with E-state index < -0.39 is 18.5 Å². The maximum Gasteiger partial charge on any atom is 0.344 e. The lowest BCUT2D eigenvalue weighted by Crippen LogP contribution is -2.17. The van der Waals surface area contributed by atoms with Crippen LogP contribution >= 0.6 is 0 Å². The number of carbonyl (C=O) groups is 2. The van der Waals surface area contributed by atoms with Crippen molar-refractivity contribution < 1.29 is 19.1 Å². The molecular formula is C16H18N2O4. The number of carbonyl (C=O) groups excluding carboxylic acids is 2. The summed E-state index contributed by atoms with van der Waals surface area (Å²) < 4.78 is 11.4. The zero-order valence-corrected chi connectivity index (χ0v) is 12.8. The van der Waals surface area contributed by atoms with Crippen molar-refractivity contribution in [2.24, 2.45) is 0 Å². The van der Waals surface area contributed by atoms with E-state index in [0.29, 0.717) is 17.0 Å². The molecule has 0 bridgehead atoms. The molecule has 0 saturated carbocycles. The Bertz CT molecular complexity index is 677. The van der Waals surface area contributed by atoms with E-state index in [4.69, 9.17) is 9.47 Å². The van der Waals surface area contributed by atoms with E-state index in [0.717, 1.165) is 5.69 Å². The number of benzene rings is 1. The van der Waals surface area contributed by atoms with Crippen LogP contribution in [0, 0.1) is 13.8 Å². The van der Waals surface area contributed by atoms with Crippen molar-refractivity contribution in [3.05, 3.63) is 47.3 Å². The van der Waals surface area contributed by atoms with E-state index in [1.165, 1.54) is 0 Å². The van der Waals surface area contributed by atoms with Gasteiger partial charge in [0.25, 0.3) is 0 Å². The molecule has 1 aromatic carbocycles. The fourth-order valence-corrected chi connectivity index (χ4v) is 2.16. The number of hydrogen-bond acceptors (Lipinski definition) is 5. The van der Waals surface area contributed by atoms with Crippen molar-refractivity contribution in [3.8, 4) is 5.69 Å². The molecule has 2 aromatic rings. The Kier molecular flexibility index (Phi) is 4.93. The fraction of sp³-hybridized carbons (Fsp3) is 0.312. The standard InChI is InChI=1S/C16H18N2O4/c1-4-21-14(19)10-22-16(20)15-11(2)17-18(12(15)3)13-8-6-5-7-9-13/h5-9H,4,10H2,1-3H3. The highest BCUT2D eigenvalue weighted by molar-refractivity contribution is 5.93. The van der Waals surface area contributed by atoms with Gasteiger partial charge < -0.3 is 9.47 Å². The Morgan fingerprint density at radius 1 is 1.14 bits per heavy atom. The maximum atomic E-state index is 12.2. The second-order valence-corrected chi connectivity index (χ2v) is 4.67. The Morgan fingerprint density at radius 3 is 2.45 bits per heavy atom. The molecule has 1 heterocycles. The first-order valence-electron chi connectivity index (χ1n) is 6.99. The predicted octanol–water partition coefficient (Wildman–Crippen LogP) is 2.21. The Labute approximate surface area is 128 Å². The molecule has 6 heteroatoms. The number of nitrogens with zero attached hydrogens (tertiary/aromatic N) is 2.